The summed E-state index contributed by atoms with van der Waals surface area (Å²) in [5, 5.41) is 0. The molecule has 8 aromatic rings. The van der Waals surface area contributed by atoms with E-state index >= 15 is 0 Å². The molecule has 0 amide bonds. The summed E-state index contributed by atoms with van der Waals surface area (Å²) >= 11 is 0. The Morgan fingerprint density at radius 2 is 0.577 bits per heavy atom. The first-order chi connectivity index (χ1) is 25.0. The zero-order chi connectivity index (χ0) is 36.0. The zero-order valence-corrected chi connectivity index (χ0v) is 26.9. The van der Waals surface area contributed by atoms with Crippen LogP contribution in [0.15, 0.2) is 146 Å². The van der Waals surface area contributed by atoms with E-state index < -0.39 is 23.5 Å². The van der Waals surface area contributed by atoms with Crippen molar-refractivity contribution in [2.45, 2.75) is 12.4 Å². The average molecular weight is 699 g/mol. The van der Waals surface area contributed by atoms with Crippen LogP contribution < -0.4 is 0 Å². The van der Waals surface area contributed by atoms with Crippen molar-refractivity contribution in [3.63, 3.8) is 0 Å². The Hall–Kier alpha value is -6.42. The van der Waals surface area contributed by atoms with Crippen LogP contribution in [0.1, 0.15) is 11.1 Å². The van der Waals surface area contributed by atoms with Crippen LogP contribution in [0.3, 0.4) is 0 Å². The minimum atomic E-state index is -4.48. The highest BCUT2D eigenvalue weighted by atomic mass is 19.4. The third kappa shape index (κ3) is 6.35. The number of hydrogen-bond acceptors (Lipinski definition) is 4. The van der Waals surface area contributed by atoms with E-state index in [1.54, 1.807) is 0 Å². The Balaban J connectivity index is 1.25. The molecule has 0 atom stereocenters. The standard InChI is InChI=1S/C42H24F6N4/c43-41(44,45)31-17-11-27(12-18-31)39-37(25-7-3-1-4-8-25)49-33-21-15-29(23-35(33)51-39)30-16-22-34-36(24-30)52-40(38(50-34)26-9-5-2-6-10-26)28-13-19-32(20-14-28)42(46,47)48/h1-24H. The molecule has 2 aromatic heterocycles. The first kappa shape index (κ1) is 32.8. The normalized spacial score (nSPS) is 12.0. The number of halogens is 6. The van der Waals surface area contributed by atoms with Gasteiger partial charge in [0, 0.05) is 22.3 Å². The molecule has 4 nitrogen and oxygen atoms in total. The van der Waals surface area contributed by atoms with E-state index in [9.17, 15) is 26.3 Å². The van der Waals surface area contributed by atoms with Crippen LogP contribution in [0.25, 0.3) is 78.2 Å². The molecule has 0 spiro atoms. The summed E-state index contributed by atoms with van der Waals surface area (Å²) in [5.41, 5.74) is 6.72. The van der Waals surface area contributed by atoms with E-state index in [-0.39, 0.29) is 0 Å². The topological polar surface area (TPSA) is 51.6 Å². The van der Waals surface area contributed by atoms with Gasteiger partial charge < -0.3 is 0 Å². The van der Waals surface area contributed by atoms with Crippen molar-refractivity contribution < 1.29 is 26.3 Å². The van der Waals surface area contributed by atoms with Gasteiger partial charge in [0.25, 0.3) is 0 Å². The summed E-state index contributed by atoms with van der Waals surface area (Å²) in [7, 11) is 0. The van der Waals surface area contributed by atoms with E-state index in [1.807, 2.05) is 97.1 Å². The molecule has 2 heterocycles. The lowest BCUT2D eigenvalue weighted by Gasteiger charge is -2.14. The molecule has 10 heteroatoms. The van der Waals surface area contributed by atoms with Gasteiger partial charge >= 0.3 is 12.4 Å². The number of hydrogen-bond donors (Lipinski definition) is 0. The number of benzene rings is 6. The van der Waals surface area contributed by atoms with Gasteiger partial charge in [0.05, 0.1) is 56.0 Å². The first-order valence-electron chi connectivity index (χ1n) is 16.1. The molecule has 0 unspecified atom stereocenters. The van der Waals surface area contributed by atoms with Crippen molar-refractivity contribution in [1.29, 1.82) is 0 Å². The molecule has 6 aromatic carbocycles. The number of fused-ring (bicyclic) bond motifs is 2. The fourth-order valence-electron chi connectivity index (χ4n) is 6.10. The largest absolute Gasteiger partial charge is 0.416 e. The molecule has 0 bridgehead atoms. The van der Waals surface area contributed by atoms with Crippen molar-refractivity contribution in [1.82, 2.24) is 19.9 Å². The SMILES string of the molecule is FC(F)(F)c1ccc(-c2nc3cc(-c4ccc5nc(-c6ccccc6)c(-c6ccc(C(F)(F)F)cc6)nc5c4)ccc3nc2-c2ccccc2)cc1. The van der Waals surface area contributed by atoms with Crippen molar-refractivity contribution in [3.8, 4) is 56.2 Å². The van der Waals surface area contributed by atoms with Gasteiger partial charge in [0.1, 0.15) is 0 Å². The molecule has 0 fully saturated rings. The Bertz CT molecular complexity index is 2390. The number of rotatable bonds is 5. The van der Waals surface area contributed by atoms with E-state index in [1.165, 1.54) is 24.3 Å². The molecule has 52 heavy (non-hydrogen) atoms. The van der Waals surface area contributed by atoms with Crippen LogP contribution in [-0.2, 0) is 12.4 Å². The second kappa shape index (κ2) is 12.7. The molecule has 0 aliphatic heterocycles. The maximum absolute atomic E-state index is 13.4. The van der Waals surface area contributed by atoms with E-state index in [0.29, 0.717) is 56.0 Å². The lowest BCUT2D eigenvalue weighted by atomic mass is 10.00. The molecule has 0 aliphatic rings. The molecule has 0 saturated heterocycles. The Morgan fingerprint density at radius 3 is 0.904 bits per heavy atom. The average Bonchev–Trinajstić information content (AvgIpc) is 3.16. The quantitative estimate of drug-likeness (QED) is 0.168. The highest BCUT2D eigenvalue weighted by molar-refractivity contribution is 5.92. The summed E-state index contributed by atoms with van der Waals surface area (Å²) in [5.74, 6) is 0. The minimum absolute atomic E-state index is 0.434. The van der Waals surface area contributed by atoms with Gasteiger partial charge in [-0.3, -0.25) is 0 Å². The van der Waals surface area contributed by atoms with Crippen molar-refractivity contribution in [2.24, 2.45) is 0 Å². The second-order valence-electron chi connectivity index (χ2n) is 12.1. The zero-order valence-electron chi connectivity index (χ0n) is 26.9. The lowest BCUT2D eigenvalue weighted by Crippen LogP contribution is -2.04. The summed E-state index contributed by atoms with van der Waals surface area (Å²) in [4.78, 5) is 19.7. The van der Waals surface area contributed by atoms with Gasteiger partial charge in [0.2, 0.25) is 0 Å². The third-order valence-corrected chi connectivity index (χ3v) is 8.73. The third-order valence-electron chi connectivity index (χ3n) is 8.73. The number of aromatic nitrogens is 4. The van der Waals surface area contributed by atoms with Crippen molar-refractivity contribution >= 4 is 22.1 Å². The first-order valence-corrected chi connectivity index (χ1v) is 16.1. The number of nitrogens with zero attached hydrogens (tertiary/aromatic N) is 4. The maximum atomic E-state index is 13.4. The van der Waals surface area contributed by atoms with Gasteiger partial charge in [-0.25, -0.2) is 19.9 Å². The molecular formula is C42H24F6N4. The molecule has 0 saturated carbocycles. The predicted molar refractivity (Wildman–Crippen MR) is 190 cm³/mol. The summed E-state index contributed by atoms with van der Waals surface area (Å²) < 4.78 is 80.2. The lowest BCUT2D eigenvalue weighted by molar-refractivity contribution is -0.138. The van der Waals surface area contributed by atoms with Gasteiger partial charge in [0.15, 0.2) is 0 Å². The summed E-state index contributed by atoms with van der Waals surface area (Å²) in [6.45, 7) is 0. The highest BCUT2D eigenvalue weighted by Gasteiger charge is 2.31. The van der Waals surface area contributed by atoms with E-state index in [4.69, 9.17) is 19.9 Å². The monoisotopic (exact) mass is 698 g/mol. The van der Waals surface area contributed by atoms with Crippen LogP contribution >= 0.6 is 0 Å². The second-order valence-corrected chi connectivity index (χ2v) is 12.1. The van der Waals surface area contributed by atoms with E-state index in [0.717, 1.165) is 46.5 Å². The smallest absolute Gasteiger partial charge is 0.244 e. The fourth-order valence-corrected chi connectivity index (χ4v) is 6.10. The molecule has 8 rings (SSSR count). The molecule has 254 valence electrons. The predicted octanol–water partition coefficient (Wildman–Crippen LogP) is 11.9. The van der Waals surface area contributed by atoms with Gasteiger partial charge in [-0.1, -0.05) is 97.1 Å². The van der Waals surface area contributed by atoms with Crippen molar-refractivity contribution in [3.05, 3.63) is 157 Å². The Morgan fingerprint density at radius 1 is 0.288 bits per heavy atom. The van der Waals surface area contributed by atoms with E-state index in [2.05, 4.69) is 0 Å². The van der Waals surface area contributed by atoms with Gasteiger partial charge in [-0.15, -0.1) is 0 Å². The van der Waals surface area contributed by atoms with Gasteiger partial charge in [-0.2, -0.15) is 26.3 Å². The summed E-state index contributed by atoms with van der Waals surface area (Å²) in [6, 6.07) is 39.5. The fraction of sp³-hybridized carbons (Fsp3) is 0.0476. The Labute approximate surface area is 293 Å². The number of alkyl halides is 6. The molecule has 0 aliphatic carbocycles. The molecule has 0 N–H and O–H groups in total. The van der Waals surface area contributed by atoms with Crippen molar-refractivity contribution in [2.75, 3.05) is 0 Å². The van der Waals surface area contributed by atoms with Crippen LogP contribution in [0.2, 0.25) is 0 Å². The highest BCUT2D eigenvalue weighted by Crippen LogP contribution is 2.37. The molecular weight excluding hydrogens is 674 g/mol. The van der Waals surface area contributed by atoms with Crippen LogP contribution in [-0.4, -0.2) is 19.9 Å². The van der Waals surface area contributed by atoms with Crippen LogP contribution in [0, 0.1) is 0 Å². The summed E-state index contributed by atoms with van der Waals surface area (Å²) in [6.07, 6.45) is -8.95. The van der Waals surface area contributed by atoms with Gasteiger partial charge in [-0.05, 0) is 59.7 Å². The van der Waals surface area contributed by atoms with Crippen LogP contribution in [0.4, 0.5) is 26.3 Å². The maximum Gasteiger partial charge on any atom is 0.416 e. The molecule has 0 radical (unpaired) electrons. The van der Waals surface area contributed by atoms with Crippen LogP contribution in [0.5, 0.6) is 0 Å². The Kier molecular flexibility index (Phi) is 8.02. The minimum Gasteiger partial charge on any atom is -0.244 e.